The maximum atomic E-state index is 10.1. The second kappa shape index (κ2) is 10.1. The maximum Gasteiger partial charge on any atom is 0.147 e. The van der Waals surface area contributed by atoms with Crippen molar-refractivity contribution in [2.75, 3.05) is 27.9 Å². The average Bonchev–Trinajstić information content (AvgIpc) is 2.74. The summed E-state index contributed by atoms with van der Waals surface area (Å²) in [6.07, 6.45) is 1.20. The van der Waals surface area contributed by atoms with Crippen LogP contribution in [0.1, 0.15) is 24.0 Å². The van der Waals surface area contributed by atoms with Gasteiger partial charge in [0.15, 0.2) is 0 Å². The first-order valence-corrected chi connectivity index (χ1v) is 10.5. The normalized spacial score (nSPS) is 21.5. The number of ether oxygens (including phenoxy) is 4. The standard InChI is InChI=1S/C22H28O6S/c1-25-16-11-20(26-2)18(21(12-16)27-3)8-14-6-4-5-7-19(14)28-22-10-15(24)9-17(13-23)29-22/h4-7,11-12,15,17,22-24H,8-10,13H2,1-3H3. The van der Waals surface area contributed by atoms with Gasteiger partial charge in [-0.05, 0) is 18.1 Å². The molecule has 3 unspecified atom stereocenters. The number of methoxy groups -OCH3 is 3. The third kappa shape index (κ3) is 5.29. The SMILES string of the molecule is COc1cc(OC)c(Cc2ccccc2OC2CC(O)CC(CO)S2)c(OC)c1. The Kier molecular flexibility index (Phi) is 7.52. The van der Waals surface area contributed by atoms with Gasteiger partial charge < -0.3 is 29.2 Å². The summed E-state index contributed by atoms with van der Waals surface area (Å²) in [6.45, 7) is 0.0312. The Morgan fingerprint density at radius 3 is 2.28 bits per heavy atom. The summed E-state index contributed by atoms with van der Waals surface area (Å²) in [5, 5.41) is 19.6. The summed E-state index contributed by atoms with van der Waals surface area (Å²) in [4.78, 5) is 0. The lowest BCUT2D eigenvalue weighted by atomic mass is 10.0. The molecule has 0 aromatic heterocycles. The highest BCUT2D eigenvalue weighted by Gasteiger charge is 2.29. The van der Waals surface area contributed by atoms with Crippen LogP contribution in [0.3, 0.4) is 0 Å². The molecular weight excluding hydrogens is 392 g/mol. The monoisotopic (exact) mass is 420 g/mol. The van der Waals surface area contributed by atoms with Crippen molar-refractivity contribution >= 4 is 11.8 Å². The van der Waals surface area contributed by atoms with E-state index in [0.717, 1.165) is 16.9 Å². The van der Waals surface area contributed by atoms with Crippen LogP contribution in [0.2, 0.25) is 0 Å². The van der Waals surface area contributed by atoms with Gasteiger partial charge in [0.2, 0.25) is 0 Å². The van der Waals surface area contributed by atoms with Crippen LogP contribution in [-0.4, -0.2) is 54.9 Å². The maximum absolute atomic E-state index is 10.1. The Balaban J connectivity index is 1.86. The summed E-state index contributed by atoms with van der Waals surface area (Å²) in [7, 11) is 4.84. The van der Waals surface area contributed by atoms with Gasteiger partial charge in [-0.1, -0.05) is 18.2 Å². The van der Waals surface area contributed by atoms with Crippen molar-refractivity contribution in [3.63, 3.8) is 0 Å². The number of thioether (sulfide) groups is 1. The highest BCUT2D eigenvalue weighted by Crippen LogP contribution is 2.39. The van der Waals surface area contributed by atoms with E-state index in [0.29, 0.717) is 36.5 Å². The molecule has 0 saturated carbocycles. The summed E-state index contributed by atoms with van der Waals surface area (Å²) < 4.78 is 22.7. The van der Waals surface area contributed by atoms with E-state index in [-0.39, 0.29) is 17.3 Å². The lowest BCUT2D eigenvalue weighted by Crippen LogP contribution is -2.33. The Hall–Kier alpha value is -2.09. The van der Waals surface area contributed by atoms with Gasteiger partial charge in [-0.2, -0.15) is 0 Å². The fourth-order valence-electron chi connectivity index (χ4n) is 3.49. The highest BCUT2D eigenvalue weighted by molar-refractivity contribution is 8.00. The van der Waals surface area contributed by atoms with Gasteiger partial charge in [0.25, 0.3) is 0 Å². The van der Waals surface area contributed by atoms with E-state index in [4.69, 9.17) is 18.9 Å². The zero-order valence-corrected chi connectivity index (χ0v) is 17.8. The van der Waals surface area contributed by atoms with Gasteiger partial charge >= 0.3 is 0 Å². The van der Waals surface area contributed by atoms with E-state index in [1.54, 1.807) is 33.1 Å². The first kappa shape index (κ1) is 21.6. The van der Waals surface area contributed by atoms with Crippen molar-refractivity contribution in [2.45, 2.75) is 36.1 Å². The average molecular weight is 421 g/mol. The summed E-state index contributed by atoms with van der Waals surface area (Å²) in [6, 6.07) is 11.5. The highest BCUT2D eigenvalue weighted by atomic mass is 32.2. The zero-order valence-electron chi connectivity index (χ0n) is 17.0. The van der Waals surface area contributed by atoms with Crippen LogP contribution in [0.15, 0.2) is 36.4 Å². The Labute approximate surface area is 175 Å². The first-order valence-electron chi connectivity index (χ1n) is 9.55. The molecule has 2 aromatic rings. The minimum Gasteiger partial charge on any atom is -0.496 e. The number of hydrogen-bond acceptors (Lipinski definition) is 7. The summed E-state index contributed by atoms with van der Waals surface area (Å²) >= 11 is 1.57. The number of aliphatic hydroxyl groups excluding tert-OH is 2. The third-order valence-corrected chi connectivity index (χ3v) is 6.28. The topological polar surface area (TPSA) is 77.4 Å². The lowest BCUT2D eigenvalue weighted by Gasteiger charge is -2.31. The molecule has 1 fully saturated rings. The molecule has 0 amide bonds. The fourth-order valence-corrected chi connectivity index (χ4v) is 4.83. The van der Waals surface area contributed by atoms with Crippen molar-refractivity contribution in [3.8, 4) is 23.0 Å². The van der Waals surface area contributed by atoms with Gasteiger partial charge in [0.1, 0.15) is 28.4 Å². The number of hydrogen-bond donors (Lipinski definition) is 2. The van der Waals surface area contributed by atoms with Crippen LogP contribution in [0.5, 0.6) is 23.0 Å². The number of aliphatic hydroxyl groups is 2. The predicted molar refractivity (Wildman–Crippen MR) is 113 cm³/mol. The van der Waals surface area contributed by atoms with Crippen LogP contribution in [0.25, 0.3) is 0 Å². The lowest BCUT2D eigenvalue weighted by molar-refractivity contribution is 0.104. The second-order valence-corrected chi connectivity index (χ2v) is 8.37. The van der Waals surface area contributed by atoms with Crippen molar-refractivity contribution in [2.24, 2.45) is 0 Å². The molecule has 0 radical (unpaired) electrons. The van der Waals surface area contributed by atoms with E-state index in [2.05, 4.69) is 0 Å². The van der Waals surface area contributed by atoms with Gasteiger partial charge in [-0.3, -0.25) is 0 Å². The number of benzene rings is 2. The van der Waals surface area contributed by atoms with Gasteiger partial charge in [-0.15, -0.1) is 11.8 Å². The Bertz CT molecular complexity index is 787. The van der Waals surface area contributed by atoms with Crippen molar-refractivity contribution in [3.05, 3.63) is 47.5 Å². The second-order valence-electron chi connectivity index (χ2n) is 6.91. The molecule has 1 aliphatic heterocycles. The molecular formula is C22H28O6S. The van der Waals surface area contributed by atoms with Gasteiger partial charge in [-0.25, -0.2) is 0 Å². The minimum atomic E-state index is -0.465. The molecule has 7 heteroatoms. The van der Waals surface area contributed by atoms with Crippen LogP contribution >= 0.6 is 11.8 Å². The minimum absolute atomic E-state index is 0.0160. The van der Waals surface area contributed by atoms with Crippen LogP contribution < -0.4 is 18.9 Å². The molecule has 158 valence electrons. The molecule has 1 aliphatic rings. The van der Waals surface area contributed by atoms with E-state index in [1.807, 2.05) is 36.4 Å². The van der Waals surface area contributed by atoms with E-state index < -0.39 is 6.10 Å². The smallest absolute Gasteiger partial charge is 0.147 e. The van der Waals surface area contributed by atoms with Gasteiger partial charge in [0.05, 0.1) is 34.0 Å². The molecule has 1 heterocycles. The fraction of sp³-hybridized carbons (Fsp3) is 0.455. The predicted octanol–water partition coefficient (Wildman–Crippen LogP) is 3.26. The van der Waals surface area contributed by atoms with Crippen molar-refractivity contribution in [1.82, 2.24) is 0 Å². The van der Waals surface area contributed by atoms with Crippen LogP contribution in [0.4, 0.5) is 0 Å². The molecule has 3 rings (SSSR count). The van der Waals surface area contributed by atoms with E-state index in [1.165, 1.54) is 0 Å². The Morgan fingerprint density at radius 2 is 1.66 bits per heavy atom. The molecule has 6 nitrogen and oxygen atoms in total. The van der Waals surface area contributed by atoms with Crippen LogP contribution in [-0.2, 0) is 6.42 Å². The van der Waals surface area contributed by atoms with Crippen molar-refractivity contribution < 1.29 is 29.2 Å². The Morgan fingerprint density at radius 1 is 0.966 bits per heavy atom. The van der Waals surface area contributed by atoms with Crippen LogP contribution in [0, 0.1) is 0 Å². The molecule has 29 heavy (non-hydrogen) atoms. The quantitative estimate of drug-likeness (QED) is 0.679. The van der Waals surface area contributed by atoms with E-state index in [9.17, 15) is 10.2 Å². The zero-order chi connectivity index (χ0) is 20.8. The molecule has 3 atom stereocenters. The third-order valence-electron chi connectivity index (χ3n) is 4.96. The summed E-state index contributed by atoms with van der Waals surface area (Å²) in [5.41, 5.74) is 1.67. The number of rotatable bonds is 8. The molecule has 0 spiro atoms. The molecule has 2 N–H and O–H groups in total. The molecule has 2 aromatic carbocycles. The van der Waals surface area contributed by atoms with E-state index >= 15 is 0 Å². The largest absolute Gasteiger partial charge is 0.496 e. The molecule has 0 bridgehead atoms. The summed E-state index contributed by atoms with van der Waals surface area (Å²) in [5.74, 6) is 2.77. The van der Waals surface area contributed by atoms with Gasteiger partial charge in [0, 0.05) is 35.8 Å². The molecule has 0 aliphatic carbocycles. The first-order chi connectivity index (χ1) is 14.1. The van der Waals surface area contributed by atoms with Crippen molar-refractivity contribution in [1.29, 1.82) is 0 Å². The molecule has 1 saturated heterocycles. The number of para-hydroxylation sites is 1.